The van der Waals surface area contributed by atoms with Gasteiger partial charge in [-0.3, -0.25) is 10.7 Å². The van der Waals surface area contributed by atoms with Crippen molar-refractivity contribution in [2.24, 2.45) is 10.7 Å². The smallest absolute Gasteiger partial charge is 0.170 e. The lowest BCUT2D eigenvalue weighted by Crippen LogP contribution is -2.34. The molecule has 1 heterocycles. The summed E-state index contributed by atoms with van der Waals surface area (Å²) in [6.45, 7) is 6.30. The Hall–Kier alpha value is -2.01. The van der Waals surface area contributed by atoms with Crippen LogP contribution in [0.4, 0.5) is 11.4 Å². The number of anilines is 2. The van der Waals surface area contributed by atoms with Crippen molar-refractivity contribution < 1.29 is 0 Å². The topological polar surface area (TPSA) is 88.5 Å². The molecule has 0 aromatic heterocycles. The van der Waals surface area contributed by atoms with Gasteiger partial charge in [-0.05, 0) is 38.5 Å². The molecule has 1 atom stereocenters. The molecular weight excluding hydrogens is 238 g/mol. The van der Waals surface area contributed by atoms with Crippen LogP contribution in [0.1, 0.15) is 26.3 Å². The minimum absolute atomic E-state index is 0.0183. The van der Waals surface area contributed by atoms with E-state index in [-0.39, 0.29) is 11.8 Å². The molecule has 2 rings (SSSR count). The van der Waals surface area contributed by atoms with Gasteiger partial charge < -0.3 is 16.4 Å². The first-order chi connectivity index (χ1) is 8.85. The molecule has 0 saturated carbocycles. The fourth-order valence-corrected chi connectivity index (χ4v) is 1.83. The molecule has 0 amide bonds. The van der Waals surface area contributed by atoms with Gasteiger partial charge in [0.15, 0.2) is 6.29 Å². The number of hydrogen-bond donors (Lipinski definition) is 4. The standard InChI is InChI=1S/C14H21N5/c1-14(2,3)19-12-5-4-9(6-11(12)15)10-7-17-13(16)18-8-10/h4-8,13,17,19H,15-16H2,1-3H3. The number of nitrogen functional groups attached to an aromatic ring is 1. The molecule has 5 heteroatoms. The summed E-state index contributed by atoms with van der Waals surface area (Å²) in [5.74, 6) is 0. The van der Waals surface area contributed by atoms with Crippen molar-refractivity contribution in [2.75, 3.05) is 11.1 Å². The second kappa shape index (κ2) is 4.93. The average Bonchev–Trinajstić information content (AvgIpc) is 2.31. The molecule has 0 radical (unpaired) electrons. The van der Waals surface area contributed by atoms with Crippen molar-refractivity contribution in [3.05, 3.63) is 30.0 Å². The molecule has 0 bridgehead atoms. The highest BCUT2D eigenvalue weighted by atomic mass is 15.2. The Morgan fingerprint density at radius 1 is 1.32 bits per heavy atom. The average molecular weight is 259 g/mol. The number of nitrogens with one attached hydrogen (secondary N) is 2. The highest BCUT2D eigenvalue weighted by molar-refractivity contribution is 6.10. The van der Waals surface area contributed by atoms with E-state index in [2.05, 4.69) is 36.4 Å². The molecule has 0 fully saturated rings. The fourth-order valence-electron chi connectivity index (χ4n) is 1.83. The van der Waals surface area contributed by atoms with Crippen LogP contribution in [0.15, 0.2) is 29.4 Å². The molecule has 0 aliphatic carbocycles. The molecule has 0 saturated heterocycles. The Balaban J connectivity index is 2.22. The molecular formula is C14H21N5. The summed E-state index contributed by atoms with van der Waals surface area (Å²) in [4.78, 5) is 4.12. The molecule has 5 nitrogen and oxygen atoms in total. The number of benzene rings is 1. The van der Waals surface area contributed by atoms with Gasteiger partial charge in [-0.2, -0.15) is 0 Å². The van der Waals surface area contributed by atoms with E-state index >= 15 is 0 Å². The predicted molar refractivity (Wildman–Crippen MR) is 81.8 cm³/mol. The van der Waals surface area contributed by atoms with Gasteiger partial charge in [0.05, 0.1) is 11.4 Å². The van der Waals surface area contributed by atoms with Crippen LogP contribution in [-0.4, -0.2) is 18.0 Å². The summed E-state index contributed by atoms with van der Waals surface area (Å²) in [6.07, 6.45) is 3.25. The zero-order chi connectivity index (χ0) is 14.0. The van der Waals surface area contributed by atoms with Crippen LogP contribution in [0, 0.1) is 0 Å². The van der Waals surface area contributed by atoms with Crippen LogP contribution < -0.4 is 22.1 Å². The number of aliphatic imine (C=N–C) groups is 1. The minimum Gasteiger partial charge on any atom is -0.397 e. The first-order valence-corrected chi connectivity index (χ1v) is 6.28. The van der Waals surface area contributed by atoms with Crippen molar-refractivity contribution >= 4 is 23.2 Å². The molecule has 1 aromatic rings. The second-order valence-corrected chi connectivity index (χ2v) is 5.67. The van der Waals surface area contributed by atoms with E-state index in [1.165, 1.54) is 0 Å². The third-order valence-corrected chi connectivity index (χ3v) is 2.68. The van der Waals surface area contributed by atoms with Crippen LogP contribution >= 0.6 is 0 Å². The van der Waals surface area contributed by atoms with Crippen molar-refractivity contribution in [2.45, 2.75) is 32.6 Å². The first-order valence-electron chi connectivity index (χ1n) is 6.28. The second-order valence-electron chi connectivity index (χ2n) is 5.67. The summed E-state index contributed by atoms with van der Waals surface area (Å²) in [5, 5.41) is 6.34. The van der Waals surface area contributed by atoms with E-state index in [0.29, 0.717) is 0 Å². The lowest BCUT2D eigenvalue weighted by atomic mass is 10.0. The van der Waals surface area contributed by atoms with E-state index in [9.17, 15) is 0 Å². The molecule has 102 valence electrons. The number of rotatable bonds is 2. The van der Waals surface area contributed by atoms with E-state index in [4.69, 9.17) is 11.5 Å². The molecule has 1 aliphatic heterocycles. The Morgan fingerprint density at radius 2 is 2.05 bits per heavy atom. The van der Waals surface area contributed by atoms with E-state index in [1.54, 1.807) is 6.21 Å². The highest BCUT2D eigenvalue weighted by Gasteiger charge is 2.12. The van der Waals surface area contributed by atoms with Gasteiger partial charge in [-0.25, -0.2) is 0 Å². The fraction of sp³-hybridized carbons (Fsp3) is 0.357. The van der Waals surface area contributed by atoms with Crippen molar-refractivity contribution in [3.8, 4) is 0 Å². The van der Waals surface area contributed by atoms with Crippen molar-refractivity contribution in [1.82, 2.24) is 5.32 Å². The maximum absolute atomic E-state index is 6.08. The summed E-state index contributed by atoms with van der Waals surface area (Å²) in [5.41, 5.74) is 15.3. The number of allylic oxidation sites excluding steroid dienone is 1. The van der Waals surface area contributed by atoms with Gasteiger partial charge in [0.2, 0.25) is 0 Å². The third kappa shape index (κ3) is 3.48. The van der Waals surface area contributed by atoms with Gasteiger partial charge in [-0.15, -0.1) is 0 Å². The highest BCUT2D eigenvalue weighted by Crippen LogP contribution is 2.26. The maximum Gasteiger partial charge on any atom is 0.170 e. The lowest BCUT2D eigenvalue weighted by molar-refractivity contribution is 0.634. The van der Waals surface area contributed by atoms with Crippen LogP contribution in [0.2, 0.25) is 0 Å². The molecule has 1 unspecified atom stereocenters. The SMILES string of the molecule is CC(C)(C)Nc1ccc(C2=CNC(N)N=C2)cc1N. The summed E-state index contributed by atoms with van der Waals surface area (Å²) in [7, 11) is 0. The molecule has 1 aromatic carbocycles. The Labute approximate surface area is 113 Å². The predicted octanol–water partition coefficient (Wildman–Crippen LogP) is 1.74. The molecule has 0 spiro atoms. The Bertz CT molecular complexity index is 525. The van der Waals surface area contributed by atoms with Gasteiger partial charge in [0.1, 0.15) is 0 Å². The molecule has 6 N–H and O–H groups in total. The third-order valence-electron chi connectivity index (χ3n) is 2.68. The first kappa shape index (κ1) is 13.4. The van der Waals surface area contributed by atoms with E-state index < -0.39 is 0 Å². The van der Waals surface area contributed by atoms with Crippen LogP contribution in [-0.2, 0) is 0 Å². The van der Waals surface area contributed by atoms with E-state index in [1.807, 2.05) is 24.4 Å². The maximum atomic E-state index is 6.08. The monoisotopic (exact) mass is 259 g/mol. The summed E-state index contributed by atoms with van der Waals surface area (Å²) >= 11 is 0. The summed E-state index contributed by atoms with van der Waals surface area (Å²) < 4.78 is 0. The Morgan fingerprint density at radius 3 is 2.58 bits per heavy atom. The van der Waals surface area contributed by atoms with Crippen molar-refractivity contribution in [3.63, 3.8) is 0 Å². The normalized spacial score (nSPS) is 18.7. The van der Waals surface area contributed by atoms with Crippen LogP contribution in [0.5, 0.6) is 0 Å². The summed E-state index contributed by atoms with van der Waals surface area (Å²) in [6, 6.07) is 5.93. The van der Waals surface area contributed by atoms with Crippen LogP contribution in [0.25, 0.3) is 5.57 Å². The Kier molecular flexibility index (Phi) is 3.48. The quantitative estimate of drug-likeness (QED) is 0.609. The van der Waals surface area contributed by atoms with Gasteiger partial charge in [-0.1, -0.05) is 6.07 Å². The zero-order valence-electron chi connectivity index (χ0n) is 11.6. The minimum atomic E-state index is -0.358. The van der Waals surface area contributed by atoms with Gasteiger partial charge in [0.25, 0.3) is 0 Å². The van der Waals surface area contributed by atoms with Gasteiger partial charge >= 0.3 is 0 Å². The van der Waals surface area contributed by atoms with Gasteiger partial charge in [0, 0.05) is 23.5 Å². The largest absolute Gasteiger partial charge is 0.397 e. The lowest BCUT2D eigenvalue weighted by Gasteiger charge is -2.23. The molecule has 1 aliphatic rings. The number of hydrogen-bond acceptors (Lipinski definition) is 5. The van der Waals surface area contributed by atoms with E-state index in [0.717, 1.165) is 22.5 Å². The number of nitrogens with zero attached hydrogens (tertiary/aromatic N) is 1. The van der Waals surface area contributed by atoms with Crippen LogP contribution in [0.3, 0.4) is 0 Å². The molecule has 19 heavy (non-hydrogen) atoms. The number of nitrogens with two attached hydrogens (primary N) is 2. The zero-order valence-corrected chi connectivity index (χ0v) is 11.6. The van der Waals surface area contributed by atoms with Crippen molar-refractivity contribution in [1.29, 1.82) is 0 Å².